The van der Waals surface area contributed by atoms with Gasteiger partial charge in [0.2, 0.25) is 0 Å². The van der Waals surface area contributed by atoms with Crippen molar-refractivity contribution in [2.75, 3.05) is 18.4 Å². The fourth-order valence-corrected chi connectivity index (χ4v) is 3.26. The lowest BCUT2D eigenvalue weighted by Crippen LogP contribution is -2.22. The normalized spacial score (nSPS) is 18.3. The number of anilines is 1. The predicted octanol–water partition coefficient (Wildman–Crippen LogP) is 3.32. The van der Waals surface area contributed by atoms with Crippen molar-refractivity contribution in [3.8, 4) is 11.5 Å². The first-order valence-corrected chi connectivity index (χ1v) is 7.74. The van der Waals surface area contributed by atoms with Gasteiger partial charge < -0.3 is 10.1 Å². The summed E-state index contributed by atoms with van der Waals surface area (Å²) < 4.78 is 28.7. The minimum atomic E-state index is -2.99. The fraction of sp³-hybridized carbons (Fsp3) is 0.143. The van der Waals surface area contributed by atoms with Crippen molar-refractivity contribution in [2.24, 2.45) is 0 Å². The molecule has 2 aromatic carbocycles. The minimum Gasteiger partial charge on any atom is -0.457 e. The van der Waals surface area contributed by atoms with E-state index in [2.05, 4.69) is 16.1 Å². The molecule has 0 aliphatic carbocycles. The highest BCUT2D eigenvalue weighted by molar-refractivity contribution is 8.22. The Hall–Kier alpha value is -1.73. The van der Waals surface area contributed by atoms with E-state index in [-0.39, 0.29) is 0 Å². The van der Waals surface area contributed by atoms with Crippen molar-refractivity contribution in [2.45, 2.75) is 4.90 Å². The second-order valence-electron chi connectivity index (χ2n) is 4.37. The van der Waals surface area contributed by atoms with Crippen LogP contribution in [-0.2, 0) is 0 Å². The molecule has 0 aromatic heterocycles. The molecule has 6 heteroatoms. The van der Waals surface area contributed by atoms with Crippen LogP contribution in [0.1, 0.15) is 0 Å². The summed E-state index contributed by atoms with van der Waals surface area (Å²) in [6.45, 7) is 1.12. The van der Waals surface area contributed by atoms with Gasteiger partial charge in [-0.05, 0) is 30.3 Å². The third-order valence-electron chi connectivity index (χ3n) is 2.92. The van der Waals surface area contributed by atoms with Crippen LogP contribution >= 0.6 is 10.8 Å². The molecule has 0 amide bonds. The summed E-state index contributed by atoms with van der Waals surface area (Å²) >= 11 is 0. The number of nitrogens with one attached hydrogen (secondary N) is 2. The zero-order chi connectivity index (χ0) is 14.0. The van der Waals surface area contributed by atoms with Gasteiger partial charge in [0.1, 0.15) is 16.4 Å². The monoisotopic (exact) mass is 291 g/mol. The number of hydrogen-bond acceptors (Lipinski definition) is 5. The molecule has 5 nitrogen and oxygen atoms in total. The minimum absolute atomic E-state index is 0.424. The van der Waals surface area contributed by atoms with Gasteiger partial charge in [0.05, 0.1) is 5.69 Å². The Labute approximate surface area is 119 Å². The topological polar surface area (TPSA) is 73.8 Å². The smallest absolute Gasteiger partial charge is 0.129 e. The van der Waals surface area contributed by atoms with Crippen LogP contribution in [0.2, 0.25) is 0 Å². The third-order valence-corrected chi connectivity index (χ3v) is 4.48. The van der Waals surface area contributed by atoms with E-state index in [9.17, 15) is 9.11 Å². The summed E-state index contributed by atoms with van der Waals surface area (Å²) in [5.41, 5.74) is 0.710. The summed E-state index contributed by atoms with van der Waals surface area (Å²) in [4.78, 5) is 0.424. The molecule has 0 atom stereocenters. The van der Waals surface area contributed by atoms with Gasteiger partial charge in [0.15, 0.2) is 0 Å². The van der Waals surface area contributed by atoms with Crippen molar-refractivity contribution >= 4 is 16.5 Å². The SMILES string of the molecule is OS1(O)NCCNc2ccc(Oc3c[c]ccc3)cc21. The largest absolute Gasteiger partial charge is 0.457 e. The van der Waals surface area contributed by atoms with Gasteiger partial charge in [0, 0.05) is 19.2 Å². The van der Waals surface area contributed by atoms with Crippen LogP contribution in [0.3, 0.4) is 0 Å². The molecular weight excluding hydrogens is 276 g/mol. The molecular formula is C14H15N2O3S. The zero-order valence-electron chi connectivity index (χ0n) is 10.7. The van der Waals surface area contributed by atoms with Crippen LogP contribution in [0.25, 0.3) is 0 Å². The molecule has 2 aromatic rings. The van der Waals surface area contributed by atoms with Crippen molar-refractivity contribution in [1.29, 1.82) is 0 Å². The predicted molar refractivity (Wildman–Crippen MR) is 79.4 cm³/mol. The second-order valence-corrected chi connectivity index (χ2v) is 6.20. The van der Waals surface area contributed by atoms with E-state index >= 15 is 0 Å². The lowest BCUT2D eigenvalue weighted by Gasteiger charge is -2.32. The Bertz CT molecular complexity index is 605. The quantitative estimate of drug-likeness (QED) is 0.683. The van der Waals surface area contributed by atoms with E-state index in [1.807, 2.05) is 12.1 Å². The van der Waals surface area contributed by atoms with Gasteiger partial charge in [0.25, 0.3) is 0 Å². The highest BCUT2D eigenvalue weighted by Crippen LogP contribution is 2.50. The van der Waals surface area contributed by atoms with Gasteiger partial charge in [-0.15, -0.1) is 10.8 Å². The van der Waals surface area contributed by atoms with Crippen molar-refractivity contribution in [3.63, 3.8) is 0 Å². The van der Waals surface area contributed by atoms with Gasteiger partial charge in [-0.3, -0.25) is 9.11 Å². The van der Waals surface area contributed by atoms with E-state index < -0.39 is 10.8 Å². The maximum Gasteiger partial charge on any atom is 0.129 e. The summed E-state index contributed by atoms with van der Waals surface area (Å²) in [5.74, 6) is 1.20. The first kappa shape index (κ1) is 13.3. The molecule has 4 N–H and O–H groups in total. The summed E-state index contributed by atoms with van der Waals surface area (Å²) in [6.07, 6.45) is 0. The Morgan fingerprint density at radius 3 is 2.85 bits per heavy atom. The van der Waals surface area contributed by atoms with Crippen LogP contribution in [0.4, 0.5) is 5.69 Å². The molecule has 1 aliphatic heterocycles. The molecule has 0 unspecified atom stereocenters. The van der Waals surface area contributed by atoms with Crippen molar-refractivity contribution < 1.29 is 13.8 Å². The maximum absolute atomic E-state index is 10.1. The summed E-state index contributed by atoms with van der Waals surface area (Å²) in [7, 11) is -2.99. The highest BCUT2D eigenvalue weighted by atomic mass is 32.3. The Kier molecular flexibility index (Phi) is 3.54. The van der Waals surface area contributed by atoms with Gasteiger partial charge in [-0.1, -0.05) is 12.1 Å². The zero-order valence-corrected chi connectivity index (χ0v) is 11.5. The van der Waals surface area contributed by atoms with Crippen LogP contribution in [0.15, 0.2) is 47.4 Å². The van der Waals surface area contributed by atoms with Crippen LogP contribution in [0, 0.1) is 6.07 Å². The van der Waals surface area contributed by atoms with Gasteiger partial charge in [-0.2, -0.15) is 0 Å². The Balaban J connectivity index is 1.93. The summed E-state index contributed by atoms with van der Waals surface area (Å²) in [6, 6.07) is 15.3. The molecule has 0 saturated heterocycles. The molecule has 1 radical (unpaired) electrons. The third kappa shape index (κ3) is 2.73. The van der Waals surface area contributed by atoms with Crippen LogP contribution in [0.5, 0.6) is 11.5 Å². The molecule has 105 valence electrons. The lowest BCUT2D eigenvalue weighted by molar-refractivity contribution is 0.466. The van der Waals surface area contributed by atoms with Gasteiger partial charge >= 0.3 is 0 Å². The van der Waals surface area contributed by atoms with E-state index in [0.717, 1.165) is 0 Å². The van der Waals surface area contributed by atoms with Crippen molar-refractivity contribution in [3.05, 3.63) is 48.5 Å². The molecule has 1 heterocycles. The molecule has 3 rings (SSSR count). The average molecular weight is 291 g/mol. The number of ether oxygens (including phenoxy) is 1. The number of fused-ring (bicyclic) bond motifs is 1. The Morgan fingerprint density at radius 2 is 2.05 bits per heavy atom. The van der Waals surface area contributed by atoms with Crippen LogP contribution in [-0.4, -0.2) is 22.2 Å². The maximum atomic E-state index is 10.1. The summed E-state index contributed by atoms with van der Waals surface area (Å²) in [5, 5.41) is 3.15. The average Bonchev–Trinajstić information content (AvgIpc) is 2.59. The van der Waals surface area contributed by atoms with E-state index in [1.165, 1.54) is 0 Å². The molecule has 0 spiro atoms. The van der Waals surface area contributed by atoms with Crippen molar-refractivity contribution in [1.82, 2.24) is 4.72 Å². The molecule has 0 saturated carbocycles. The highest BCUT2D eigenvalue weighted by Gasteiger charge is 2.22. The first-order chi connectivity index (χ1) is 9.65. The standard InChI is InChI=1S/C14H15N2O3S/c17-20(18)14-10-12(19-11-4-2-1-3-5-11)6-7-13(14)15-8-9-16-20/h1-2,4-7,10,15-18H,8-9H2. The Morgan fingerprint density at radius 1 is 1.15 bits per heavy atom. The van der Waals surface area contributed by atoms with E-state index in [4.69, 9.17) is 4.74 Å². The first-order valence-electron chi connectivity index (χ1n) is 6.20. The number of hydrogen-bond donors (Lipinski definition) is 4. The molecule has 0 bridgehead atoms. The van der Waals surface area contributed by atoms with E-state index in [1.54, 1.807) is 30.3 Å². The lowest BCUT2D eigenvalue weighted by atomic mass is 10.3. The molecule has 0 fully saturated rings. The second kappa shape index (κ2) is 5.34. The molecule has 1 aliphatic rings. The number of rotatable bonds is 2. The van der Waals surface area contributed by atoms with E-state index in [0.29, 0.717) is 35.2 Å². The van der Waals surface area contributed by atoms with Gasteiger partial charge in [-0.25, -0.2) is 4.72 Å². The fourth-order valence-electron chi connectivity index (χ4n) is 1.99. The number of benzene rings is 2. The molecule has 20 heavy (non-hydrogen) atoms. The van der Waals surface area contributed by atoms with Crippen LogP contribution < -0.4 is 14.8 Å².